The second-order valence-corrected chi connectivity index (χ2v) is 4.06. The molecule has 1 heterocycles. The maximum absolute atomic E-state index is 11.5. The van der Waals surface area contributed by atoms with Crippen LogP contribution in [0.3, 0.4) is 0 Å². The van der Waals surface area contributed by atoms with Crippen LogP contribution in [0.2, 0.25) is 0 Å². The molecule has 0 spiro atoms. The van der Waals surface area contributed by atoms with Crippen LogP contribution in [-0.2, 0) is 4.79 Å². The number of thioether (sulfide) groups is 1. The number of rotatable bonds is 5. The predicted molar refractivity (Wildman–Crippen MR) is 65.7 cm³/mol. The molecule has 0 fully saturated rings. The topological polar surface area (TPSA) is 66.9 Å². The van der Waals surface area contributed by atoms with Gasteiger partial charge in [0.25, 0.3) is 0 Å². The molecule has 0 bridgehead atoms. The van der Waals surface area contributed by atoms with Crippen LogP contribution in [0.25, 0.3) is 0 Å². The van der Waals surface area contributed by atoms with Crippen molar-refractivity contribution in [1.82, 2.24) is 15.3 Å². The number of hydrogen-bond acceptors (Lipinski definition) is 5. The van der Waals surface area contributed by atoms with Crippen LogP contribution >= 0.6 is 11.8 Å². The van der Waals surface area contributed by atoms with Crippen molar-refractivity contribution in [2.45, 2.75) is 18.5 Å². The number of anilines is 1. The summed E-state index contributed by atoms with van der Waals surface area (Å²) in [7, 11) is 1.81. The first-order valence-electron chi connectivity index (χ1n) is 5.00. The quantitative estimate of drug-likeness (QED) is 0.595. The molecule has 5 nitrogen and oxygen atoms in total. The third-order valence-electron chi connectivity index (χ3n) is 1.89. The van der Waals surface area contributed by atoms with E-state index >= 15 is 0 Å². The smallest absolute Gasteiger partial charge is 0.226 e. The number of aryl methyl sites for hydroxylation is 1. The van der Waals surface area contributed by atoms with Crippen LogP contribution in [-0.4, -0.2) is 35.7 Å². The van der Waals surface area contributed by atoms with E-state index in [0.717, 1.165) is 5.69 Å². The SMILES string of the molecule is CNCCC(=O)Nc1cc(C)nc(SC)n1. The minimum Gasteiger partial charge on any atom is -0.319 e. The molecule has 0 aliphatic heterocycles. The lowest BCUT2D eigenvalue weighted by Crippen LogP contribution is -2.19. The van der Waals surface area contributed by atoms with Gasteiger partial charge in [-0.1, -0.05) is 11.8 Å². The van der Waals surface area contributed by atoms with Crippen molar-refractivity contribution in [3.05, 3.63) is 11.8 Å². The second-order valence-electron chi connectivity index (χ2n) is 3.28. The zero-order valence-electron chi connectivity index (χ0n) is 9.70. The highest BCUT2D eigenvalue weighted by atomic mass is 32.2. The molecule has 6 heteroatoms. The standard InChI is InChI=1S/C10H16N4OS/c1-7-6-8(14-10(12-7)16-3)13-9(15)4-5-11-2/h6,11H,4-5H2,1-3H3,(H,12,13,14,15). The molecule has 0 unspecified atom stereocenters. The third kappa shape index (κ3) is 4.16. The van der Waals surface area contributed by atoms with Gasteiger partial charge in [-0.2, -0.15) is 0 Å². The first kappa shape index (κ1) is 12.9. The molecule has 1 aromatic heterocycles. The first-order chi connectivity index (χ1) is 7.65. The van der Waals surface area contributed by atoms with Crippen molar-refractivity contribution in [3.63, 3.8) is 0 Å². The summed E-state index contributed by atoms with van der Waals surface area (Å²) in [5.74, 6) is 0.525. The number of amides is 1. The van der Waals surface area contributed by atoms with E-state index in [1.54, 1.807) is 6.07 Å². The Kier molecular flexibility index (Phi) is 5.21. The Hall–Kier alpha value is -1.14. The monoisotopic (exact) mass is 240 g/mol. The lowest BCUT2D eigenvalue weighted by Gasteiger charge is -2.06. The minimum absolute atomic E-state index is 0.0421. The summed E-state index contributed by atoms with van der Waals surface area (Å²) < 4.78 is 0. The van der Waals surface area contributed by atoms with Crippen molar-refractivity contribution >= 4 is 23.5 Å². The predicted octanol–water partition coefficient (Wildman–Crippen LogP) is 1.05. The Morgan fingerprint density at radius 1 is 1.50 bits per heavy atom. The van der Waals surface area contributed by atoms with Crippen LogP contribution in [0, 0.1) is 6.92 Å². The molecule has 1 rings (SSSR count). The van der Waals surface area contributed by atoms with E-state index in [1.807, 2.05) is 20.2 Å². The minimum atomic E-state index is -0.0421. The van der Waals surface area contributed by atoms with Gasteiger partial charge < -0.3 is 10.6 Å². The van der Waals surface area contributed by atoms with E-state index in [2.05, 4.69) is 20.6 Å². The van der Waals surface area contributed by atoms with Gasteiger partial charge in [0, 0.05) is 24.7 Å². The number of carbonyl (C=O) groups is 1. The van der Waals surface area contributed by atoms with Gasteiger partial charge in [-0.25, -0.2) is 9.97 Å². The zero-order chi connectivity index (χ0) is 12.0. The van der Waals surface area contributed by atoms with E-state index in [1.165, 1.54) is 11.8 Å². The fourth-order valence-electron chi connectivity index (χ4n) is 1.14. The first-order valence-corrected chi connectivity index (χ1v) is 6.22. The van der Waals surface area contributed by atoms with Gasteiger partial charge in [-0.05, 0) is 20.2 Å². The van der Waals surface area contributed by atoms with Crippen LogP contribution < -0.4 is 10.6 Å². The van der Waals surface area contributed by atoms with Gasteiger partial charge in [0.1, 0.15) is 5.82 Å². The van der Waals surface area contributed by atoms with E-state index < -0.39 is 0 Å². The Labute approximate surface area is 99.4 Å². The summed E-state index contributed by atoms with van der Waals surface area (Å²) in [6, 6.07) is 1.76. The van der Waals surface area contributed by atoms with Gasteiger partial charge in [0.15, 0.2) is 5.16 Å². The average Bonchev–Trinajstić information content (AvgIpc) is 2.25. The van der Waals surface area contributed by atoms with Crippen LogP contribution in [0.5, 0.6) is 0 Å². The molecular formula is C10H16N4OS. The highest BCUT2D eigenvalue weighted by molar-refractivity contribution is 7.98. The molecule has 16 heavy (non-hydrogen) atoms. The van der Waals surface area contributed by atoms with Crippen LogP contribution in [0.4, 0.5) is 5.82 Å². The molecule has 0 saturated heterocycles. The summed E-state index contributed by atoms with van der Waals surface area (Å²) in [6.07, 6.45) is 2.34. The van der Waals surface area contributed by atoms with E-state index in [0.29, 0.717) is 23.9 Å². The molecular weight excluding hydrogens is 224 g/mol. The molecule has 0 aromatic carbocycles. The lowest BCUT2D eigenvalue weighted by molar-refractivity contribution is -0.116. The number of nitrogens with one attached hydrogen (secondary N) is 2. The van der Waals surface area contributed by atoms with Crippen LogP contribution in [0.1, 0.15) is 12.1 Å². The molecule has 1 amide bonds. The molecule has 88 valence electrons. The fourth-order valence-corrected chi connectivity index (χ4v) is 1.57. The van der Waals surface area contributed by atoms with Crippen molar-refractivity contribution in [1.29, 1.82) is 0 Å². The number of hydrogen-bond donors (Lipinski definition) is 2. The molecule has 0 atom stereocenters. The van der Waals surface area contributed by atoms with Crippen molar-refractivity contribution < 1.29 is 4.79 Å². The number of nitrogens with zero attached hydrogens (tertiary/aromatic N) is 2. The summed E-state index contributed by atoms with van der Waals surface area (Å²) in [6.45, 7) is 2.54. The van der Waals surface area contributed by atoms with E-state index in [-0.39, 0.29) is 5.91 Å². The Balaban J connectivity index is 2.65. The summed E-state index contributed by atoms with van der Waals surface area (Å²) in [5, 5.41) is 6.34. The highest BCUT2D eigenvalue weighted by Gasteiger charge is 2.05. The Bertz CT molecular complexity index is 370. The summed E-state index contributed by atoms with van der Waals surface area (Å²) in [5.41, 5.74) is 0.850. The maximum Gasteiger partial charge on any atom is 0.226 e. The fraction of sp³-hybridized carbons (Fsp3) is 0.500. The van der Waals surface area contributed by atoms with Gasteiger partial charge in [0.05, 0.1) is 0 Å². The number of carbonyl (C=O) groups excluding carboxylic acids is 1. The average molecular weight is 240 g/mol. The van der Waals surface area contributed by atoms with Gasteiger partial charge >= 0.3 is 0 Å². The van der Waals surface area contributed by atoms with Crippen molar-refractivity contribution in [2.24, 2.45) is 0 Å². The third-order valence-corrected chi connectivity index (χ3v) is 2.43. The molecule has 0 saturated carbocycles. The maximum atomic E-state index is 11.5. The molecule has 1 aromatic rings. The van der Waals surface area contributed by atoms with E-state index in [4.69, 9.17) is 0 Å². The molecule has 0 aliphatic rings. The van der Waals surface area contributed by atoms with Crippen LogP contribution in [0.15, 0.2) is 11.2 Å². The lowest BCUT2D eigenvalue weighted by atomic mass is 10.4. The highest BCUT2D eigenvalue weighted by Crippen LogP contribution is 2.13. The Morgan fingerprint density at radius 2 is 2.25 bits per heavy atom. The number of aromatic nitrogens is 2. The zero-order valence-corrected chi connectivity index (χ0v) is 10.5. The molecule has 2 N–H and O–H groups in total. The Morgan fingerprint density at radius 3 is 2.88 bits per heavy atom. The van der Waals surface area contributed by atoms with Crippen molar-refractivity contribution in [3.8, 4) is 0 Å². The molecule has 0 aliphatic carbocycles. The second kappa shape index (κ2) is 6.44. The summed E-state index contributed by atoms with van der Waals surface area (Å²) >= 11 is 1.46. The largest absolute Gasteiger partial charge is 0.319 e. The summed E-state index contributed by atoms with van der Waals surface area (Å²) in [4.78, 5) is 19.9. The molecule has 0 radical (unpaired) electrons. The van der Waals surface area contributed by atoms with Crippen molar-refractivity contribution in [2.75, 3.05) is 25.2 Å². The van der Waals surface area contributed by atoms with Gasteiger partial charge in [-0.15, -0.1) is 0 Å². The van der Waals surface area contributed by atoms with Gasteiger partial charge in [-0.3, -0.25) is 4.79 Å². The van der Waals surface area contributed by atoms with Gasteiger partial charge in [0.2, 0.25) is 5.91 Å². The normalized spacial score (nSPS) is 10.2. The van der Waals surface area contributed by atoms with E-state index in [9.17, 15) is 4.79 Å².